The van der Waals surface area contributed by atoms with Crippen LogP contribution in [0, 0.1) is 11.3 Å². The molecule has 6 nitrogen and oxygen atoms in total. The summed E-state index contributed by atoms with van der Waals surface area (Å²) in [4.78, 5) is 16.2. The lowest BCUT2D eigenvalue weighted by Gasteiger charge is -2.12. The van der Waals surface area contributed by atoms with Crippen molar-refractivity contribution in [3.63, 3.8) is 0 Å². The molecule has 128 valence electrons. The van der Waals surface area contributed by atoms with Crippen LogP contribution in [0.25, 0.3) is 16.7 Å². The molecular formula is C14H6Cl2F3N5O. The highest BCUT2D eigenvalue weighted by Crippen LogP contribution is 2.37. The molecule has 0 N–H and O–H groups in total. The number of nitrogens with zero attached hydrogens (tertiary/aromatic N) is 5. The minimum atomic E-state index is -4.61. The first-order chi connectivity index (χ1) is 11.7. The molecule has 0 unspecified atom stereocenters. The van der Waals surface area contributed by atoms with Crippen molar-refractivity contribution in [2.45, 2.75) is 12.7 Å². The Morgan fingerprint density at radius 3 is 2.44 bits per heavy atom. The average Bonchev–Trinajstić information content (AvgIpc) is 2.93. The van der Waals surface area contributed by atoms with E-state index in [4.69, 9.17) is 28.5 Å². The molecule has 0 saturated carbocycles. The van der Waals surface area contributed by atoms with Gasteiger partial charge in [-0.05, 0) is 12.1 Å². The third-order valence-electron chi connectivity index (χ3n) is 3.35. The van der Waals surface area contributed by atoms with Gasteiger partial charge in [0, 0.05) is 0 Å². The Kier molecular flexibility index (Phi) is 4.18. The molecule has 0 atom stereocenters. The van der Waals surface area contributed by atoms with Gasteiger partial charge in [0.1, 0.15) is 23.9 Å². The Morgan fingerprint density at radius 1 is 1.24 bits per heavy atom. The molecule has 25 heavy (non-hydrogen) atoms. The molecule has 2 aromatic heterocycles. The van der Waals surface area contributed by atoms with Crippen LogP contribution < -0.4 is 5.56 Å². The maximum Gasteiger partial charge on any atom is 0.416 e. The maximum absolute atomic E-state index is 12.8. The van der Waals surface area contributed by atoms with Gasteiger partial charge in [-0.25, -0.2) is 9.67 Å². The van der Waals surface area contributed by atoms with E-state index in [1.54, 1.807) is 0 Å². The van der Waals surface area contributed by atoms with Crippen LogP contribution >= 0.6 is 23.2 Å². The van der Waals surface area contributed by atoms with E-state index in [9.17, 15) is 18.0 Å². The number of nitriles is 1. The molecule has 0 radical (unpaired) electrons. The molecule has 3 aromatic rings. The predicted octanol–water partition coefficient (Wildman–Crippen LogP) is 3.43. The zero-order valence-electron chi connectivity index (χ0n) is 12.1. The average molecular weight is 388 g/mol. The molecule has 0 aliphatic heterocycles. The second-order valence-electron chi connectivity index (χ2n) is 4.92. The molecule has 0 saturated heterocycles. The monoisotopic (exact) mass is 387 g/mol. The molecule has 2 heterocycles. The van der Waals surface area contributed by atoms with Gasteiger partial charge in [0.05, 0.1) is 27.9 Å². The minimum Gasteiger partial charge on any atom is -0.285 e. The van der Waals surface area contributed by atoms with Crippen molar-refractivity contribution in [2.24, 2.45) is 0 Å². The Hall–Kier alpha value is -2.57. The van der Waals surface area contributed by atoms with Crippen molar-refractivity contribution in [1.82, 2.24) is 19.3 Å². The molecule has 0 amide bonds. The van der Waals surface area contributed by atoms with Gasteiger partial charge in [0.2, 0.25) is 0 Å². The largest absolute Gasteiger partial charge is 0.416 e. The van der Waals surface area contributed by atoms with Gasteiger partial charge >= 0.3 is 6.18 Å². The van der Waals surface area contributed by atoms with Crippen molar-refractivity contribution < 1.29 is 13.2 Å². The van der Waals surface area contributed by atoms with E-state index in [0.717, 1.165) is 15.6 Å². The van der Waals surface area contributed by atoms with Gasteiger partial charge in [-0.1, -0.05) is 23.2 Å². The SMILES string of the molecule is N#CCn1cnc2c(cnn2-c2c(Cl)cc(C(F)(F)F)cc2Cl)c1=O. The summed E-state index contributed by atoms with van der Waals surface area (Å²) in [6.07, 6.45) is -2.29. The van der Waals surface area contributed by atoms with Crippen LogP contribution in [-0.2, 0) is 12.7 Å². The first kappa shape index (κ1) is 17.3. The quantitative estimate of drug-likeness (QED) is 0.674. The molecule has 0 bridgehead atoms. The summed E-state index contributed by atoms with van der Waals surface area (Å²) in [6, 6.07) is 3.24. The minimum absolute atomic E-state index is 0.0312. The van der Waals surface area contributed by atoms with Gasteiger partial charge < -0.3 is 0 Å². The van der Waals surface area contributed by atoms with E-state index in [1.165, 1.54) is 6.20 Å². The molecule has 3 rings (SSSR count). The Morgan fingerprint density at radius 2 is 1.88 bits per heavy atom. The van der Waals surface area contributed by atoms with Crippen molar-refractivity contribution in [1.29, 1.82) is 5.26 Å². The molecule has 0 fully saturated rings. The van der Waals surface area contributed by atoms with Crippen LogP contribution in [0.15, 0.2) is 29.5 Å². The van der Waals surface area contributed by atoms with Gasteiger partial charge in [0.15, 0.2) is 5.65 Å². The fourth-order valence-corrected chi connectivity index (χ4v) is 2.88. The van der Waals surface area contributed by atoms with Crippen LogP contribution in [0.2, 0.25) is 10.0 Å². The van der Waals surface area contributed by atoms with E-state index in [1.807, 2.05) is 6.07 Å². The van der Waals surface area contributed by atoms with Crippen molar-refractivity contribution >= 4 is 34.2 Å². The highest BCUT2D eigenvalue weighted by atomic mass is 35.5. The number of benzene rings is 1. The molecule has 0 aliphatic rings. The smallest absolute Gasteiger partial charge is 0.285 e. The molecule has 0 spiro atoms. The summed E-state index contributed by atoms with van der Waals surface area (Å²) in [6.45, 7) is -0.200. The van der Waals surface area contributed by atoms with Gasteiger partial charge in [0.25, 0.3) is 5.56 Å². The fraction of sp³-hybridized carbons (Fsp3) is 0.143. The molecular weight excluding hydrogens is 382 g/mol. The van der Waals surface area contributed by atoms with E-state index in [-0.39, 0.29) is 33.3 Å². The Balaban J connectivity index is 2.23. The second kappa shape index (κ2) is 6.06. The van der Waals surface area contributed by atoms with Gasteiger partial charge in [-0.15, -0.1) is 0 Å². The number of hydrogen-bond acceptors (Lipinski definition) is 4. The van der Waals surface area contributed by atoms with Crippen LogP contribution in [-0.4, -0.2) is 19.3 Å². The summed E-state index contributed by atoms with van der Waals surface area (Å²) in [5, 5.41) is 12.1. The lowest BCUT2D eigenvalue weighted by Crippen LogP contribution is -2.20. The van der Waals surface area contributed by atoms with E-state index < -0.39 is 17.3 Å². The van der Waals surface area contributed by atoms with Gasteiger partial charge in [-0.3, -0.25) is 9.36 Å². The molecule has 11 heteroatoms. The van der Waals surface area contributed by atoms with E-state index in [0.29, 0.717) is 12.1 Å². The normalized spacial score (nSPS) is 11.7. The summed E-state index contributed by atoms with van der Waals surface area (Å²) in [5.41, 5.74) is -1.50. The lowest BCUT2D eigenvalue weighted by molar-refractivity contribution is -0.137. The van der Waals surface area contributed by atoms with Crippen LogP contribution in [0.4, 0.5) is 13.2 Å². The Bertz CT molecular complexity index is 1060. The van der Waals surface area contributed by atoms with Crippen molar-refractivity contribution in [3.8, 4) is 11.8 Å². The zero-order chi connectivity index (χ0) is 18.4. The summed E-state index contributed by atoms with van der Waals surface area (Å²) in [5.74, 6) is 0. The highest BCUT2D eigenvalue weighted by Gasteiger charge is 2.32. The van der Waals surface area contributed by atoms with E-state index >= 15 is 0 Å². The molecule has 0 aliphatic carbocycles. The second-order valence-corrected chi connectivity index (χ2v) is 5.73. The summed E-state index contributed by atoms with van der Waals surface area (Å²) >= 11 is 11.9. The number of fused-ring (bicyclic) bond motifs is 1. The summed E-state index contributed by atoms with van der Waals surface area (Å²) < 4.78 is 40.6. The molecule has 1 aromatic carbocycles. The zero-order valence-corrected chi connectivity index (χ0v) is 13.6. The standard InChI is InChI=1S/C14H6Cl2F3N5O/c15-9-3-7(14(17,18)19)4-10(16)11(9)24-12-8(5-22-24)13(25)23(2-1-20)6-21-12/h3-6H,2H2. The number of hydrogen-bond donors (Lipinski definition) is 0. The highest BCUT2D eigenvalue weighted by molar-refractivity contribution is 6.38. The first-order valence-corrected chi connectivity index (χ1v) is 7.36. The number of alkyl halides is 3. The lowest BCUT2D eigenvalue weighted by atomic mass is 10.2. The third-order valence-corrected chi connectivity index (χ3v) is 3.93. The van der Waals surface area contributed by atoms with Crippen molar-refractivity contribution in [3.05, 3.63) is 50.6 Å². The maximum atomic E-state index is 12.8. The number of halogens is 5. The van der Waals surface area contributed by atoms with Gasteiger partial charge in [-0.2, -0.15) is 23.5 Å². The fourth-order valence-electron chi connectivity index (χ4n) is 2.23. The van der Waals surface area contributed by atoms with Crippen LogP contribution in [0.1, 0.15) is 5.56 Å². The third kappa shape index (κ3) is 2.94. The Labute approximate surface area is 147 Å². The first-order valence-electron chi connectivity index (χ1n) is 6.60. The summed E-state index contributed by atoms with van der Waals surface area (Å²) in [7, 11) is 0. The van der Waals surface area contributed by atoms with Crippen LogP contribution in [0.3, 0.4) is 0 Å². The van der Waals surface area contributed by atoms with E-state index in [2.05, 4.69) is 10.1 Å². The number of rotatable bonds is 2. The topological polar surface area (TPSA) is 76.5 Å². The number of aromatic nitrogens is 4. The van der Waals surface area contributed by atoms with Crippen molar-refractivity contribution in [2.75, 3.05) is 0 Å². The van der Waals surface area contributed by atoms with Crippen LogP contribution in [0.5, 0.6) is 0 Å². The predicted molar refractivity (Wildman–Crippen MR) is 83.8 cm³/mol.